The van der Waals surface area contributed by atoms with Gasteiger partial charge in [-0.05, 0) is 0 Å². The lowest BCUT2D eigenvalue weighted by Crippen LogP contribution is -2.57. The van der Waals surface area contributed by atoms with Gasteiger partial charge in [0, 0.05) is 6.26 Å². The van der Waals surface area contributed by atoms with Gasteiger partial charge in [0.05, 0.1) is 13.1 Å². The van der Waals surface area contributed by atoms with Gasteiger partial charge in [-0.2, -0.15) is 0 Å². The van der Waals surface area contributed by atoms with E-state index in [0.29, 0.717) is 0 Å². The average Bonchev–Trinajstić information content (AvgIpc) is 1.56. The first-order valence-corrected chi connectivity index (χ1v) is 4.60. The van der Waals surface area contributed by atoms with Crippen molar-refractivity contribution >= 4 is 22.3 Å². The number of hydrogen-bond donors (Lipinski definition) is 1. The van der Waals surface area contributed by atoms with Crippen LogP contribution in [0.2, 0.25) is 0 Å². The van der Waals surface area contributed by atoms with E-state index in [9.17, 15) is 13.0 Å². The molecule has 3 nitrogen and oxygen atoms in total. The molecule has 1 atom stereocenters. The molecule has 1 fully saturated rings. The molecule has 0 aromatic heterocycles. The van der Waals surface area contributed by atoms with E-state index in [1.165, 1.54) is 0 Å². The molecule has 0 bridgehead atoms. The van der Waals surface area contributed by atoms with E-state index in [2.05, 4.69) is 0 Å². The minimum Gasteiger partial charge on any atom is -0.240 e. The van der Waals surface area contributed by atoms with Crippen LogP contribution in [0.25, 0.3) is 0 Å². The van der Waals surface area contributed by atoms with Crippen LogP contribution in [0.3, 0.4) is 0 Å². The summed E-state index contributed by atoms with van der Waals surface area (Å²) < 4.78 is 42.7. The van der Waals surface area contributed by atoms with Crippen LogP contribution in [-0.4, -0.2) is 33.8 Å². The van der Waals surface area contributed by atoms with Gasteiger partial charge >= 0.3 is 0 Å². The summed E-state index contributed by atoms with van der Waals surface area (Å²) in [5.41, 5.74) is 0. The zero-order valence-corrected chi connectivity index (χ0v) is 7.48. The number of nitrogens with zero attached hydrogens (tertiary/aromatic N) is 1. The average molecular weight is 207 g/mol. The molecule has 0 radical (unpaired) electrons. The monoisotopic (exact) mass is 206 g/mol. The SMILES string of the molecule is CS(=N)(=O)N1CC(F)(F)C1.Cl. The maximum Gasteiger partial charge on any atom is 0.275 e. The maximum atomic E-state index is 12.1. The first-order valence-electron chi connectivity index (χ1n) is 2.68. The highest BCUT2D eigenvalue weighted by molar-refractivity contribution is 7.89. The Morgan fingerprint density at radius 2 is 1.91 bits per heavy atom. The van der Waals surface area contributed by atoms with E-state index in [1.807, 2.05) is 0 Å². The Balaban J connectivity index is 0.000001000. The van der Waals surface area contributed by atoms with Gasteiger partial charge in [-0.25, -0.2) is 22.1 Å². The molecule has 1 heterocycles. The van der Waals surface area contributed by atoms with Gasteiger partial charge in [-0.1, -0.05) is 0 Å². The lowest BCUT2D eigenvalue weighted by Gasteiger charge is -2.37. The van der Waals surface area contributed by atoms with Crippen LogP contribution in [0.1, 0.15) is 0 Å². The minimum absolute atomic E-state index is 0. The Bertz CT molecular complexity index is 232. The largest absolute Gasteiger partial charge is 0.275 e. The topological polar surface area (TPSA) is 44.2 Å². The van der Waals surface area contributed by atoms with Gasteiger partial charge in [0.1, 0.15) is 9.92 Å². The molecule has 1 N–H and O–H groups in total. The van der Waals surface area contributed by atoms with Crippen molar-refractivity contribution in [1.82, 2.24) is 4.31 Å². The fourth-order valence-corrected chi connectivity index (χ4v) is 1.59. The number of rotatable bonds is 1. The first-order chi connectivity index (χ1) is 4.31. The van der Waals surface area contributed by atoms with Crippen molar-refractivity contribution in [3.05, 3.63) is 0 Å². The molecule has 0 amide bonds. The van der Waals surface area contributed by atoms with Crippen LogP contribution in [-0.2, 0) is 9.92 Å². The molecule has 0 aromatic carbocycles. The second-order valence-electron chi connectivity index (χ2n) is 2.46. The van der Waals surface area contributed by atoms with Crippen LogP contribution in [0.15, 0.2) is 0 Å². The number of halogens is 3. The Labute approximate surface area is 70.3 Å². The Kier molecular flexibility index (Phi) is 2.85. The molecule has 1 aliphatic heterocycles. The molecular formula is C4H9ClF2N2OS. The highest BCUT2D eigenvalue weighted by Crippen LogP contribution is 2.28. The van der Waals surface area contributed by atoms with Crippen LogP contribution < -0.4 is 0 Å². The van der Waals surface area contributed by atoms with Crippen molar-refractivity contribution < 1.29 is 13.0 Å². The Hall–Kier alpha value is 0.0600. The normalized spacial score (nSPS) is 27.9. The lowest BCUT2D eigenvalue weighted by atomic mass is 10.2. The smallest absolute Gasteiger partial charge is 0.240 e. The third-order valence-electron chi connectivity index (χ3n) is 1.31. The third kappa shape index (κ3) is 2.53. The number of hydrogen-bond acceptors (Lipinski definition) is 2. The molecule has 1 rings (SSSR count). The molecular weight excluding hydrogens is 198 g/mol. The molecule has 1 unspecified atom stereocenters. The summed E-state index contributed by atoms with van der Waals surface area (Å²) in [5.74, 6) is -2.72. The molecule has 7 heteroatoms. The van der Waals surface area contributed by atoms with Gasteiger partial charge in [0.2, 0.25) is 0 Å². The van der Waals surface area contributed by atoms with Crippen LogP contribution in [0.4, 0.5) is 8.78 Å². The van der Waals surface area contributed by atoms with E-state index in [-0.39, 0.29) is 12.4 Å². The van der Waals surface area contributed by atoms with Crippen LogP contribution in [0.5, 0.6) is 0 Å². The molecule has 0 aromatic rings. The third-order valence-corrected chi connectivity index (χ3v) is 2.55. The standard InChI is InChI=1S/C4H8F2N2OS.ClH/c1-10(7,9)8-2-4(5,6)3-8;/h7H,2-3H2,1H3;1H. The van der Waals surface area contributed by atoms with Crippen molar-refractivity contribution in [2.45, 2.75) is 5.92 Å². The zero-order valence-electron chi connectivity index (χ0n) is 5.84. The summed E-state index contributed by atoms with van der Waals surface area (Å²) in [6, 6.07) is 0. The van der Waals surface area contributed by atoms with Gasteiger partial charge in [0.25, 0.3) is 5.92 Å². The van der Waals surface area contributed by atoms with Crippen molar-refractivity contribution in [3.63, 3.8) is 0 Å². The summed E-state index contributed by atoms with van der Waals surface area (Å²) in [5, 5.41) is 0. The fourth-order valence-electron chi connectivity index (χ4n) is 0.716. The minimum atomic E-state index is -2.88. The van der Waals surface area contributed by atoms with Gasteiger partial charge < -0.3 is 0 Å². The van der Waals surface area contributed by atoms with Gasteiger partial charge in [-0.3, -0.25) is 0 Å². The molecule has 0 saturated carbocycles. The van der Waals surface area contributed by atoms with Crippen molar-refractivity contribution in [2.75, 3.05) is 19.3 Å². The second kappa shape index (κ2) is 2.84. The lowest BCUT2D eigenvalue weighted by molar-refractivity contribution is -0.0932. The summed E-state index contributed by atoms with van der Waals surface area (Å²) in [6.45, 7) is -1.07. The van der Waals surface area contributed by atoms with E-state index >= 15 is 0 Å². The predicted octanol–water partition coefficient (Wildman–Crippen LogP) is 0.951. The highest BCUT2D eigenvalue weighted by Gasteiger charge is 2.46. The molecule has 0 spiro atoms. The van der Waals surface area contributed by atoms with E-state index in [4.69, 9.17) is 4.78 Å². The zero-order chi connectivity index (χ0) is 7.99. The molecule has 11 heavy (non-hydrogen) atoms. The Morgan fingerprint density at radius 3 is 2.00 bits per heavy atom. The molecule has 0 aliphatic carbocycles. The molecule has 1 aliphatic rings. The van der Waals surface area contributed by atoms with Crippen LogP contribution in [0, 0.1) is 4.78 Å². The van der Waals surface area contributed by atoms with Crippen molar-refractivity contribution in [3.8, 4) is 0 Å². The van der Waals surface area contributed by atoms with Gasteiger partial charge in [-0.15, -0.1) is 12.4 Å². The summed E-state index contributed by atoms with van der Waals surface area (Å²) in [6.07, 6.45) is 1.14. The second-order valence-corrected chi connectivity index (χ2v) is 4.58. The number of nitrogens with one attached hydrogen (secondary N) is 1. The van der Waals surface area contributed by atoms with Crippen molar-refractivity contribution in [1.29, 1.82) is 4.78 Å². The molecule has 1 saturated heterocycles. The van der Waals surface area contributed by atoms with Crippen molar-refractivity contribution in [2.24, 2.45) is 0 Å². The Morgan fingerprint density at radius 1 is 1.55 bits per heavy atom. The summed E-state index contributed by atoms with van der Waals surface area (Å²) in [4.78, 5) is 0. The summed E-state index contributed by atoms with van der Waals surface area (Å²) >= 11 is 0. The van der Waals surface area contributed by atoms with Crippen LogP contribution >= 0.6 is 12.4 Å². The maximum absolute atomic E-state index is 12.1. The number of alkyl halides is 2. The van der Waals surface area contributed by atoms with E-state index in [0.717, 1.165) is 10.6 Å². The van der Waals surface area contributed by atoms with E-state index < -0.39 is 28.9 Å². The highest BCUT2D eigenvalue weighted by atomic mass is 35.5. The molecule has 68 valence electrons. The van der Waals surface area contributed by atoms with E-state index in [1.54, 1.807) is 0 Å². The van der Waals surface area contributed by atoms with Gasteiger partial charge in [0.15, 0.2) is 0 Å². The first kappa shape index (κ1) is 11.1. The summed E-state index contributed by atoms with van der Waals surface area (Å²) in [7, 11) is -2.88. The fraction of sp³-hybridized carbons (Fsp3) is 1.00. The quantitative estimate of drug-likeness (QED) is 0.682. The predicted molar refractivity (Wildman–Crippen MR) is 40.6 cm³/mol.